The van der Waals surface area contributed by atoms with Gasteiger partial charge in [-0.3, -0.25) is 0 Å². The van der Waals surface area contributed by atoms with E-state index in [1.165, 1.54) is 6.42 Å². The van der Waals surface area contributed by atoms with Gasteiger partial charge in [-0.05, 0) is 36.5 Å². The Bertz CT molecular complexity index is 517. The van der Waals surface area contributed by atoms with E-state index in [1.807, 2.05) is 29.2 Å². The molecule has 0 bridgehead atoms. The highest BCUT2D eigenvalue weighted by atomic mass is 16.4. The third-order valence-electron chi connectivity index (χ3n) is 3.49. The first kappa shape index (κ1) is 15.1. The number of aliphatic carboxylic acids is 1. The third-order valence-corrected chi connectivity index (χ3v) is 3.49. The van der Waals surface area contributed by atoms with Crippen LogP contribution in [0.2, 0.25) is 0 Å². The number of nitrogens with zero attached hydrogens (tertiary/aromatic N) is 1. The van der Waals surface area contributed by atoms with Gasteiger partial charge < -0.3 is 15.3 Å². The maximum absolute atomic E-state index is 12.0. The fourth-order valence-electron chi connectivity index (χ4n) is 2.30. The van der Waals surface area contributed by atoms with Crippen molar-refractivity contribution < 1.29 is 14.7 Å². The Morgan fingerprint density at radius 3 is 2.43 bits per heavy atom. The SMILES string of the molecule is O=C(O)C=Cc1ccc(CNC(=O)N2CCCCC2)cc1. The molecule has 0 radical (unpaired) electrons. The van der Waals surface area contributed by atoms with E-state index < -0.39 is 5.97 Å². The van der Waals surface area contributed by atoms with Crippen molar-refractivity contribution in [3.05, 3.63) is 41.5 Å². The smallest absolute Gasteiger partial charge is 0.328 e. The second-order valence-electron chi connectivity index (χ2n) is 5.12. The van der Waals surface area contributed by atoms with Crippen LogP contribution < -0.4 is 5.32 Å². The highest BCUT2D eigenvalue weighted by Gasteiger charge is 2.15. The number of piperidine rings is 1. The summed E-state index contributed by atoms with van der Waals surface area (Å²) in [6.45, 7) is 2.16. The van der Waals surface area contributed by atoms with Gasteiger partial charge in [-0.2, -0.15) is 0 Å². The molecule has 0 unspecified atom stereocenters. The fourth-order valence-corrected chi connectivity index (χ4v) is 2.30. The third kappa shape index (κ3) is 4.95. The van der Waals surface area contributed by atoms with Crippen LogP contribution in [0.25, 0.3) is 6.08 Å². The number of carbonyl (C=O) groups excluding carboxylic acids is 1. The lowest BCUT2D eigenvalue weighted by Crippen LogP contribution is -2.42. The van der Waals surface area contributed by atoms with E-state index >= 15 is 0 Å². The molecule has 0 aliphatic carbocycles. The molecular weight excluding hydrogens is 268 g/mol. The molecule has 2 amide bonds. The number of benzene rings is 1. The minimum absolute atomic E-state index is 0.00968. The Kier molecular flexibility index (Phi) is 5.37. The number of hydrogen-bond acceptors (Lipinski definition) is 2. The number of carbonyl (C=O) groups is 2. The Labute approximate surface area is 124 Å². The van der Waals surface area contributed by atoms with Gasteiger partial charge in [-0.1, -0.05) is 24.3 Å². The number of hydrogen-bond donors (Lipinski definition) is 2. The van der Waals surface area contributed by atoms with Crippen molar-refractivity contribution in [3.8, 4) is 0 Å². The molecule has 0 aromatic heterocycles. The molecule has 0 atom stereocenters. The molecule has 21 heavy (non-hydrogen) atoms. The highest BCUT2D eigenvalue weighted by Crippen LogP contribution is 2.09. The molecule has 2 N–H and O–H groups in total. The van der Waals surface area contributed by atoms with E-state index in [9.17, 15) is 9.59 Å². The van der Waals surface area contributed by atoms with E-state index in [4.69, 9.17) is 5.11 Å². The minimum Gasteiger partial charge on any atom is -0.478 e. The summed E-state index contributed by atoms with van der Waals surface area (Å²) in [4.78, 5) is 24.2. The Balaban J connectivity index is 1.83. The zero-order valence-electron chi connectivity index (χ0n) is 11.9. The van der Waals surface area contributed by atoms with Gasteiger partial charge in [0.05, 0.1) is 0 Å². The lowest BCUT2D eigenvalue weighted by atomic mass is 10.1. The topological polar surface area (TPSA) is 69.6 Å². The fraction of sp³-hybridized carbons (Fsp3) is 0.375. The van der Waals surface area contributed by atoms with Crippen LogP contribution in [0.3, 0.4) is 0 Å². The zero-order valence-corrected chi connectivity index (χ0v) is 11.9. The van der Waals surface area contributed by atoms with Crippen molar-refractivity contribution in [3.63, 3.8) is 0 Å². The summed E-state index contributed by atoms with van der Waals surface area (Å²) in [6.07, 6.45) is 6.01. The van der Waals surface area contributed by atoms with Crippen molar-refractivity contribution in [2.45, 2.75) is 25.8 Å². The molecule has 5 nitrogen and oxygen atoms in total. The summed E-state index contributed by atoms with van der Waals surface area (Å²) in [7, 11) is 0. The summed E-state index contributed by atoms with van der Waals surface area (Å²) < 4.78 is 0. The predicted molar refractivity (Wildman–Crippen MR) is 80.8 cm³/mol. The van der Waals surface area contributed by atoms with E-state index in [-0.39, 0.29) is 6.03 Å². The standard InChI is InChI=1S/C16H20N2O3/c19-15(20)9-8-13-4-6-14(7-5-13)12-17-16(21)18-10-2-1-3-11-18/h4-9H,1-3,10-12H2,(H,17,21)(H,19,20). The lowest BCUT2D eigenvalue weighted by Gasteiger charge is -2.26. The number of carboxylic acid groups (broad SMARTS) is 1. The quantitative estimate of drug-likeness (QED) is 0.836. The van der Waals surface area contributed by atoms with Crippen LogP contribution >= 0.6 is 0 Å². The normalized spacial score (nSPS) is 15.1. The van der Waals surface area contributed by atoms with Gasteiger partial charge in [0.25, 0.3) is 0 Å². The zero-order chi connectivity index (χ0) is 15.1. The van der Waals surface area contributed by atoms with Crippen LogP contribution in [0.15, 0.2) is 30.3 Å². The Hall–Kier alpha value is -2.30. The molecule has 1 aromatic rings. The average molecular weight is 288 g/mol. The summed E-state index contributed by atoms with van der Waals surface area (Å²) in [6, 6.07) is 7.43. The van der Waals surface area contributed by atoms with E-state index in [0.29, 0.717) is 6.54 Å². The monoisotopic (exact) mass is 288 g/mol. The van der Waals surface area contributed by atoms with Crippen molar-refractivity contribution in [1.29, 1.82) is 0 Å². The van der Waals surface area contributed by atoms with Crippen LogP contribution in [-0.2, 0) is 11.3 Å². The number of carboxylic acids is 1. The van der Waals surface area contributed by atoms with Gasteiger partial charge in [-0.15, -0.1) is 0 Å². The van der Waals surface area contributed by atoms with Gasteiger partial charge in [-0.25, -0.2) is 9.59 Å². The van der Waals surface area contributed by atoms with Crippen LogP contribution in [0.1, 0.15) is 30.4 Å². The molecule has 1 fully saturated rings. The molecule has 112 valence electrons. The van der Waals surface area contributed by atoms with E-state index in [2.05, 4.69) is 5.32 Å². The van der Waals surface area contributed by atoms with E-state index in [0.717, 1.165) is 43.1 Å². The Morgan fingerprint density at radius 1 is 1.14 bits per heavy atom. The number of urea groups is 1. The lowest BCUT2D eigenvalue weighted by molar-refractivity contribution is -0.131. The first-order valence-electron chi connectivity index (χ1n) is 7.18. The molecule has 0 spiro atoms. The molecule has 0 saturated carbocycles. The molecule has 5 heteroatoms. The number of likely N-dealkylation sites (tertiary alicyclic amines) is 1. The summed E-state index contributed by atoms with van der Waals surface area (Å²) in [5.74, 6) is -0.965. The Morgan fingerprint density at radius 2 is 1.81 bits per heavy atom. The summed E-state index contributed by atoms with van der Waals surface area (Å²) in [5.41, 5.74) is 1.82. The second kappa shape index (κ2) is 7.47. The maximum atomic E-state index is 12.0. The van der Waals surface area contributed by atoms with Crippen LogP contribution in [0, 0.1) is 0 Å². The maximum Gasteiger partial charge on any atom is 0.328 e. The van der Waals surface area contributed by atoms with Crippen LogP contribution in [0.4, 0.5) is 4.79 Å². The summed E-state index contributed by atoms with van der Waals surface area (Å²) >= 11 is 0. The van der Waals surface area contributed by atoms with Gasteiger partial charge in [0.2, 0.25) is 0 Å². The van der Waals surface area contributed by atoms with Crippen molar-refractivity contribution >= 4 is 18.1 Å². The number of amides is 2. The molecule has 1 heterocycles. The number of nitrogens with one attached hydrogen (secondary N) is 1. The largest absolute Gasteiger partial charge is 0.478 e. The minimum atomic E-state index is -0.965. The van der Waals surface area contributed by atoms with E-state index in [1.54, 1.807) is 6.08 Å². The van der Waals surface area contributed by atoms with Gasteiger partial charge in [0, 0.05) is 25.7 Å². The first-order chi connectivity index (χ1) is 10.1. The van der Waals surface area contributed by atoms with Gasteiger partial charge >= 0.3 is 12.0 Å². The molecular formula is C16H20N2O3. The van der Waals surface area contributed by atoms with Crippen LogP contribution in [0.5, 0.6) is 0 Å². The summed E-state index contributed by atoms with van der Waals surface area (Å²) in [5, 5.41) is 11.5. The second-order valence-corrected chi connectivity index (χ2v) is 5.12. The van der Waals surface area contributed by atoms with Crippen molar-refractivity contribution in [2.24, 2.45) is 0 Å². The molecule has 2 rings (SSSR count). The highest BCUT2D eigenvalue weighted by molar-refractivity contribution is 5.85. The molecule has 1 aliphatic rings. The predicted octanol–water partition coefficient (Wildman–Crippen LogP) is 2.48. The van der Waals surface area contributed by atoms with Crippen LogP contribution in [-0.4, -0.2) is 35.1 Å². The number of rotatable bonds is 4. The molecule has 1 aromatic carbocycles. The first-order valence-corrected chi connectivity index (χ1v) is 7.18. The molecule has 1 aliphatic heterocycles. The average Bonchev–Trinajstić information content (AvgIpc) is 2.52. The van der Waals surface area contributed by atoms with Crippen molar-refractivity contribution in [1.82, 2.24) is 10.2 Å². The van der Waals surface area contributed by atoms with Gasteiger partial charge in [0.1, 0.15) is 0 Å². The molecule has 1 saturated heterocycles. The van der Waals surface area contributed by atoms with Crippen molar-refractivity contribution in [2.75, 3.05) is 13.1 Å². The van der Waals surface area contributed by atoms with Gasteiger partial charge in [0.15, 0.2) is 0 Å².